The highest BCUT2D eigenvalue weighted by Crippen LogP contribution is 2.34. The molecule has 0 atom stereocenters. The van der Waals surface area contributed by atoms with Gasteiger partial charge in [0, 0.05) is 0 Å². The first kappa shape index (κ1) is 18.3. The maximum atomic E-state index is 11.1. The third kappa shape index (κ3) is 4.00. The average Bonchev–Trinajstić information content (AvgIpc) is 2.56. The van der Waals surface area contributed by atoms with Crippen LogP contribution in [0.5, 0.6) is 0 Å². The molecule has 134 valence electrons. The summed E-state index contributed by atoms with van der Waals surface area (Å²) in [5, 5.41) is 4.08. The van der Waals surface area contributed by atoms with Crippen molar-refractivity contribution in [2.75, 3.05) is 0 Å². The first-order valence-electron chi connectivity index (χ1n) is 7.40. The van der Waals surface area contributed by atoms with Crippen LogP contribution < -0.4 is 0 Å². The van der Waals surface area contributed by atoms with Crippen LogP contribution in [0.1, 0.15) is 11.1 Å². The van der Waals surface area contributed by atoms with Crippen LogP contribution in [0, 0.1) is 0 Å². The third-order valence-corrected chi connectivity index (χ3v) is 4.79. The molecular weight excluding hydrogens is 376 g/mol. The minimum atomic E-state index is -4.31. The molecule has 0 unspecified atom stereocenters. The molecular formula is C18H14O6S2. The Balaban J connectivity index is 2.47. The zero-order chi connectivity index (χ0) is 18.9. The second kappa shape index (κ2) is 6.65. The van der Waals surface area contributed by atoms with Crippen LogP contribution in [0.2, 0.25) is 0 Å². The molecule has 0 radical (unpaired) electrons. The largest absolute Gasteiger partial charge is 0.287 e. The van der Waals surface area contributed by atoms with E-state index in [1.54, 1.807) is 48.5 Å². The van der Waals surface area contributed by atoms with E-state index in [0.29, 0.717) is 43.5 Å². The minimum absolute atomic E-state index is 0.567. The minimum Gasteiger partial charge on any atom is -0.282 e. The second-order valence-electron chi connectivity index (χ2n) is 5.55. The number of rotatable bonds is 4. The molecule has 0 saturated heterocycles. The molecule has 2 N–H and O–H groups in total. The summed E-state index contributed by atoms with van der Waals surface area (Å²) in [6.07, 6.45) is 2.60. The summed E-state index contributed by atoms with van der Waals surface area (Å²) >= 11 is 0. The van der Waals surface area contributed by atoms with E-state index < -0.39 is 20.2 Å². The molecule has 0 aromatic heterocycles. The third-order valence-electron chi connectivity index (χ3n) is 3.83. The molecule has 0 bridgehead atoms. The summed E-state index contributed by atoms with van der Waals surface area (Å²) in [5.74, 6) is 0. The van der Waals surface area contributed by atoms with E-state index in [0.717, 1.165) is 0 Å². The fourth-order valence-corrected chi connectivity index (χ4v) is 3.48. The van der Waals surface area contributed by atoms with Crippen LogP contribution in [0.3, 0.4) is 0 Å². The monoisotopic (exact) mass is 390 g/mol. The standard InChI is InChI=1S/C18H14O6S2/c19-25(20,21)11-9-17-13-5-1-2-6-14(13)18(10-12-26(22,23)24)16-8-4-3-7-15(16)17/h1-12H,(H,19,20,21)(H,22,23,24). The van der Waals surface area contributed by atoms with Gasteiger partial charge in [-0.2, -0.15) is 16.8 Å². The van der Waals surface area contributed by atoms with E-state index in [-0.39, 0.29) is 0 Å². The van der Waals surface area contributed by atoms with Crippen molar-refractivity contribution in [2.45, 2.75) is 0 Å². The molecule has 0 heterocycles. The molecule has 3 aromatic rings. The van der Waals surface area contributed by atoms with Gasteiger partial charge in [0.15, 0.2) is 0 Å². The molecule has 6 nitrogen and oxygen atoms in total. The van der Waals surface area contributed by atoms with Crippen LogP contribution in [-0.2, 0) is 20.2 Å². The summed E-state index contributed by atoms with van der Waals surface area (Å²) < 4.78 is 62.5. The molecule has 8 heteroatoms. The van der Waals surface area contributed by atoms with Crippen molar-refractivity contribution < 1.29 is 25.9 Å². The topological polar surface area (TPSA) is 109 Å². The number of benzene rings is 3. The number of hydrogen-bond donors (Lipinski definition) is 2. The molecule has 0 spiro atoms. The van der Waals surface area contributed by atoms with Crippen LogP contribution in [0.25, 0.3) is 33.7 Å². The van der Waals surface area contributed by atoms with Gasteiger partial charge in [-0.25, -0.2) is 0 Å². The lowest BCUT2D eigenvalue weighted by molar-refractivity contribution is 0.492. The van der Waals surface area contributed by atoms with Crippen LogP contribution in [0.15, 0.2) is 59.3 Å². The van der Waals surface area contributed by atoms with Crippen LogP contribution in [-0.4, -0.2) is 25.9 Å². The van der Waals surface area contributed by atoms with Crippen molar-refractivity contribution in [3.63, 3.8) is 0 Å². The highest BCUT2D eigenvalue weighted by molar-refractivity contribution is 7.89. The van der Waals surface area contributed by atoms with Crippen molar-refractivity contribution in [3.8, 4) is 0 Å². The fourth-order valence-electron chi connectivity index (χ4n) is 2.86. The van der Waals surface area contributed by atoms with Gasteiger partial charge in [0.05, 0.1) is 10.8 Å². The van der Waals surface area contributed by atoms with Gasteiger partial charge in [-0.15, -0.1) is 0 Å². The Morgan fingerprint density at radius 1 is 0.577 bits per heavy atom. The molecule has 0 aliphatic carbocycles. The van der Waals surface area contributed by atoms with E-state index in [4.69, 9.17) is 9.11 Å². The Morgan fingerprint density at radius 3 is 1.08 bits per heavy atom. The predicted molar refractivity (Wildman–Crippen MR) is 103 cm³/mol. The normalized spacial score (nSPS) is 13.3. The number of hydrogen-bond acceptors (Lipinski definition) is 4. The zero-order valence-electron chi connectivity index (χ0n) is 13.3. The van der Waals surface area contributed by atoms with E-state index >= 15 is 0 Å². The Morgan fingerprint density at radius 2 is 0.846 bits per heavy atom. The molecule has 0 aliphatic rings. The Hall–Kier alpha value is -2.52. The fraction of sp³-hybridized carbons (Fsp3) is 0. The molecule has 0 amide bonds. The van der Waals surface area contributed by atoms with E-state index in [1.165, 1.54) is 12.2 Å². The van der Waals surface area contributed by atoms with Crippen molar-refractivity contribution in [3.05, 3.63) is 70.5 Å². The van der Waals surface area contributed by atoms with Crippen molar-refractivity contribution in [2.24, 2.45) is 0 Å². The Bertz CT molecular complexity index is 1110. The van der Waals surface area contributed by atoms with E-state index in [9.17, 15) is 16.8 Å². The molecule has 3 rings (SSSR count). The highest BCUT2D eigenvalue weighted by atomic mass is 32.2. The van der Waals surface area contributed by atoms with Crippen LogP contribution >= 0.6 is 0 Å². The van der Waals surface area contributed by atoms with Gasteiger partial charge in [0.2, 0.25) is 0 Å². The first-order valence-corrected chi connectivity index (χ1v) is 10.4. The van der Waals surface area contributed by atoms with Crippen molar-refractivity contribution >= 4 is 53.9 Å². The zero-order valence-corrected chi connectivity index (χ0v) is 14.9. The summed E-state index contributed by atoms with van der Waals surface area (Å²) in [7, 11) is -8.61. The lowest BCUT2D eigenvalue weighted by atomic mass is 9.92. The van der Waals surface area contributed by atoms with Crippen LogP contribution in [0.4, 0.5) is 0 Å². The first-order chi connectivity index (χ1) is 12.2. The molecule has 0 fully saturated rings. The van der Waals surface area contributed by atoms with Gasteiger partial charge in [0.1, 0.15) is 0 Å². The van der Waals surface area contributed by atoms with Gasteiger partial charge in [-0.3, -0.25) is 9.11 Å². The maximum Gasteiger partial charge on any atom is 0.287 e. The van der Waals surface area contributed by atoms with Gasteiger partial charge < -0.3 is 0 Å². The predicted octanol–water partition coefficient (Wildman–Crippen LogP) is 3.71. The summed E-state index contributed by atoms with van der Waals surface area (Å²) in [6.45, 7) is 0. The summed E-state index contributed by atoms with van der Waals surface area (Å²) in [4.78, 5) is 0. The van der Waals surface area contributed by atoms with Gasteiger partial charge >= 0.3 is 0 Å². The smallest absolute Gasteiger partial charge is 0.282 e. The quantitative estimate of drug-likeness (QED) is 0.519. The van der Waals surface area contributed by atoms with Crippen molar-refractivity contribution in [1.29, 1.82) is 0 Å². The summed E-state index contributed by atoms with van der Waals surface area (Å²) in [5.41, 5.74) is 1.13. The SMILES string of the molecule is O=S(=O)(O)C=Cc1c2ccccc2c(C=CS(=O)(=O)O)c2ccccc12. The average molecular weight is 390 g/mol. The molecule has 26 heavy (non-hydrogen) atoms. The molecule has 3 aromatic carbocycles. The van der Waals surface area contributed by atoms with E-state index in [2.05, 4.69) is 0 Å². The molecule has 0 saturated carbocycles. The Labute approximate surface area is 150 Å². The lowest BCUT2D eigenvalue weighted by Gasteiger charge is -2.12. The highest BCUT2D eigenvalue weighted by Gasteiger charge is 2.12. The van der Waals surface area contributed by atoms with Gasteiger partial charge in [-0.1, -0.05) is 48.5 Å². The maximum absolute atomic E-state index is 11.1. The van der Waals surface area contributed by atoms with Gasteiger partial charge in [-0.05, 0) is 44.8 Å². The Kier molecular flexibility index (Phi) is 4.68. The van der Waals surface area contributed by atoms with Gasteiger partial charge in [0.25, 0.3) is 20.2 Å². The van der Waals surface area contributed by atoms with Crippen molar-refractivity contribution in [1.82, 2.24) is 0 Å². The second-order valence-corrected chi connectivity index (χ2v) is 8.16. The van der Waals surface area contributed by atoms with E-state index in [1.807, 2.05) is 0 Å². The summed E-state index contributed by atoms with van der Waals surface area (Å²) in [6, 6.07) is 14.1. The lowest BCUT2D eigenvalue weighted by Crippen LogP contribution is -1.93. The molecule has 0 aliphatic heterocycles. The number of fused-ring (bicyclic) bond motifs is 2.